The van der Waals surface area contributed by atoms with Crippen LogP contribution in [-0.4, -0.2) is 19.4 Å². The Morgan fingerprint density at radius 3 is 2.48 bits per heavy atom. The number of benzene rings is 1. The van der Waals surface area contributed by atoms with E-state index in [0.29, 0.717) is 5.69 Å². The lowest BCUT2D eigenvalue weighted by Gasteiger charge is -2.14. The summed E-state index contributed by atoms with van der Waals surface area (Å²) >= 11 is 7.10. The summed E-state index contributed by atoms with van der Waals surface area (Å²) in [6.45, 7) is 9.60. The number of hydrogen-bond acceptors (Lipinski definition) is 6. The molecule has 0 aliphatic carbocycles. The van der Waals surface area contributed by atoms with Gasteiger partial charge in [-0.15, -0.1) is 11.3 Å². The summed E-state index contributed by atoms with van der Waals surface area (Å²) in [7, 11) is -4.06. The number of thiophene rings is 1. The third kappa shape index (κ3) is 4.10. The predicted molar refractivity (Wildman–Crippen MR) is 115 cm³/mol. The molecule has 6 nitrogen and oxygen atoms in total. The normalized spacial score (nSPS) is 11.7. The number of aryl methyl sites for hydroxylation is 3. The molecule has 0 atom stereocenters. The molecule has 9 heteroatoms. The first kappa shape index (κ1) is 21.5. The molecule has 0 bridgehead atoms. The second-order valence-electron chi connectivity index (χ2n) is 6.97. The van der Waals surface area contributed by atoms with E-state index in [9.17, 15) is 13.2 Å². The highest BCUT2D eigenvalue weighted by atomic mass is 35.5. The van der Waals surface area contributed by atoms with Gasteiger partial charge in [-0.05, 0) is 73.9 Å². The van der Waals surface area contributed by atoms with Crippen LogP contribution in [0.15, 0.2) is 26.9 Å². The Bertz CT molecular complexity index is 1210. The fourth-order valence-corrected chi connectivity index (χ4v) is 5.72. The average Bonchev–Trinajstić information content (AvgIpc) is 3.26. The van der Waals surface area contributed by atoms with Crippen LogP contribution in [0, 0.1) is 34.6 Å². The van der Waals surface area contributed by atoms with Gasteiger partial charge in [0.1, 0.15) is 15.6 Å². The molecule has 1 aromatic carbocycles. The number of carbonyl (C=O) groups excluding carboxylic acids is 1. The van der Waals surface area contributed by atoms with Crippen LogP contribution < -0.4 is 4.72 Å². The quantitative estimate of drug-likeness (QED) is 0.522. The van der Waals surface area contributed by atoms with Crippen LogP contribution in [-0.2, 0) is 16.4 Å². The largest absolute Gasteiger partial charge is 0.336 e. The maximum Gasteiger partial charge on any atom is 0.265 e. The monoisotopic (exact) mass is 452 g/mol. The van der Waals surface area contributed by atoms with E-state index in [-0.39, 0.29) is 32.9 Å². The second-order valence-corrected chi connectivity index (χ2v) is 9.91. The van der Waals surface area contributed by atoms with Gasteiger partial charge in [0.05, 0.1) is 4.88 Å². The second kappa shape index (κ2) is 7.93. The number of nitrogens with zero attached hydrogens (tertiary/aromatic N) is 1. The van der Waals surface area contributed by atoms with Crippen molar-refractivity contribution in [3.63, 3.8) is 0 Å². The highest BCUT2D eigenvalue weighted by Crippen LogP contribution is 2.31. The van der Waals surface area contributed by atoms with Crippen LogP contribution in [0.1, 0.15) is 43.2 Å². The fourth-order valence-electron chi connectivity index (χ4n) is 3.16. The van der Waals surface area contributed by atoms with Gasteiger partial charge in [-0.1, -0.05) is 22.8 Å². The van der Waals surface area contributed by atoms with Gasteiger partial charge in [0, 0.05) is 6.42 Å². The summed E-state index contributed by atoms with van der Waals surface area (Å²) < 4.78 is 32.9. The minimum absolute atomic E-state index is 0.0815. The van der Waals surface area contributed by atoms with Crippen LogP contribution in [0.5, 0.6) is 0 Å². The molecule has 0 aliphatic rings. The van der Waals surface area contributed by atoms with Crippen LogP contribution >= 0.6 is 22.9 Å². The summed E-state index contributed by atoms with van der Waals surface area (Å²) in [4.78, 5) is 13.1. The SMILES string of the molecule is Cc1cc(C)c(CC(=O)c2sccc2S(=O)(=O)Nc2onc(C)c2Cl)c(C)c1C. The maximum atomic E-state index is 13.0. The smallest absolute Gasteiger partial charge is 0.265 e. The molecule has 0 unspecified atom stereocenters. The number of Topliss-reactive ketones (excluding diaryl/α,β-unsaturated/α-hetero) is 1. The molecule has 154 valence electrons. The van der Waals surface area contributed by atoms with E-state index in [1.807, 2.05) is 33.8 Å². The molecule has 0 fully saturated rings. The first-order valence-electron chi connectivity index (χ1n) is 8.84. The molecular weight excluding hydrogens is 432 g/mol. The zero-order valence-electron chi connectivity index (χ0n) is 16.7. The van der Waals surface area contributed by atoms with Crippen molar-refractivity contribution in [2.75, 3.05) is 4.72 Å². The Labute approximate surface area is 178 Å². The molecule has 0 aliphatic heterocycles. The van der Waals surface area contributed by atoms with Crippen LogP contribution in [0.3, 0.4) is 0 Å². The van der Waals surface area contributed by atoms with Gasteiger partial charge >= 0.3 is 0 Å². The van der Waals surface area contributed by atoms with Gasteiger partial charge < -0.3 is 4.52 Å². The summed E-state index contributed by atoms with van der Waals surface area (Å²) in [5.41, 5.74) is 5.66. The third-order valence-corrected chi connectivity index (χ3v) is 7.95. The van der Waals surface area contributed by atoms with Gasteiger partial charge in [-0.2, -0.15) is 0 Å². The number of anilines is 1. The number of aromatic nitrogens is 1. The molecule has 1 N–H and O–H groups in total. The standard InChI is InChI=1S/C20H21ClN2O4S2/c1-10-8-11(2)15(13(4)12(10)3)9-16(24)19-17(6-7-28-19)29(25,26)23-20-18(21)14(5)22-27-20/h6-8,23H,9H2,1-5H3. The van der Waals surface area contributed by atoms with Gasteiger partial charge in [-0.3, -0.25) is 4.79 Å². The molecule has 2 aromatic heterocycles. The van der Waals surface area contributed by atoms with E-state index in [1.54, 1.807) is 12.3 Å². The van der Waals surface area contributed by atoms with Crippen molar-refractivity contribution in [3.05, 3.63) is 60.9 Å². The molecule has 0 saturated carbocycles. The number of hydrogen-bond donors (Lipinski definition) is 1. The van der Waals surface area contributed by atoms with Gasteiger partial charge in [0.25, 0.3) is 15.9 Å². The van der Waals surface area contributed by atoms with Crippen LogP contribution in [0.2, 0.25) is 5.02 Å². The number of sulfonamides is 1. The Morgan fingerprint density at radius 2 is 1.86 bits per heavy atom. The average molecular weight is 453 g/mol. The molecule has 29 heavy (non-hydrogen) atoms. The van der Waals surface area contributed by atoms with Crippen molar-refractivity contribution < 1.29 is 17.7 Å². The van der Waals surface area contributed by atoms with Crippen molar-refractivity contribution in [1.29, 1.82) is 0 Å². The summed E-state index contributed by atoms with van der Waals surface area (Å²) in [6.07, 6.45) is 0.129. The zero-order chi connectivity index (χ0) is 21.5. The van der Waals surface area contributed by atoms with Gasteiger partial charge in [0.2, 0.25) is 0 Å². The lowest BCUT2D eigenvalue weighted by atomic mass is 9.91. The summed E-state index contributed by atoms with van der Waals surface area (Å²) in [6, 6.07) is 3.45. The molecular formula is C20H21ClN2O4S2. The third-order valence-electron chi connectivity index (χ3n) is 5.04. The Kier molecular flexibility index (Phi) is 5.89. The molecule has 2 heterocycles. The van der Waals surface area contributed by atoms with Crippen molar-refractivity contribution in [3.8, 4) is 0 Å². The molecule has 0 saturated heterocycles. The van der Waals surface area contributed by atoms with Crippen LogP contribution in [0.4, 0.5) is 5.88 Å². The zero-order valence-corrected chi connectivity index (χ0v) is 19.1. The van der Waals surface area contributed by atoms with E-state index in [0.717, 1.165) is 33.6 Å². The molecule has 0 spiro atoms. The topological polar surface area (TPSA) is 89.3 Å². The Balaban J connectivity index is 1.93. The summed E-state index contributed by atoms with van der Waals surface area (Å²) in [5, 5.41) is 5.29. The lowest BCUT2D eigenvalue weighted by Crippen LogP contribution is -2.16. The van der Waals surface area contributed by atoms with Gasteiger partial charge in [-0.25, -0.2) is 13.1 Å². The number of nitrogens with one attached hydrogen (secondary N) is 1. The molecule has 3 rings (SSSR count). The van der Waals surface area contributed by atoms with E-state index in [1.165, 1.54) is 11.6 Å². The van der Waals surface area contributed by atoms with Crippen LogP contribution in [0.25, 0.3) is 0 Å². The van der Waals surface area contributed by atoms with E-state index in [4.69, 9.17) is 16.1 Å². The highest BCUT2D eigenvalue weighted by Gasteiger charge is 2.27. The van der Waals surface area contributed by atoms with Crippen molar-refractivity contribution in [2.45, 2.75) is 45.9 Å². The number of halogens is 1. The summed E-state index contributed by atoms with van der Waals surface area (Å²) in [5.74, 6) is -0.427. The van der Waals surface area contributed by atoms with Crippen molar-refractivity contribution >= 4 is 44.6 Å². The number of ketones is 1. The maximum absolute atomic E-state index is 13.0. The number of carbonyl (C=O) groups is 1. The molecule has 3 aromatic rings. The highest BCUT2D eigenvalue weighted by molar-refractivity contribution is 7.93. The minimum Gasteiger partial charge on any atom is -0.336 e. The van der Waals surface area contributed by atoms with E-state index >= 15 is 0 Å². The Hall–Kier alpha value is -2.16. The first-order valence-corrected chi connectivity index (χ1v) is 11.6. The fraction of sp³-hybridized carbons (Fsp3) is 0.300. The van der Waals surface area contributed by atoms with E-state index < -0.39 is 10.0 Å². The predicted octanol–water partition coefficient (Wildman–Crippen LogP) is 5.16. The van der Waals surface area contributed by atoms with E-state index in [2.05, 4.69) is 9.88 Å². The van der Waals surface area contributed by atoms with Crippen molar-refractivity contribution in [2.24, 2.45) is 0 Å². The molecule has 0 radical (unpaired) electrons. The molecule has 0 amide bonds. The van der Waals surface area contributed by atoms with Crippen molar-refractivity contribution in [1.82, 2.24) is 5.16 Å². The minimum atomic E-state index is -4.06. The van der Waals surface area contributed by atoms with Gasteiger partial charge in [0.15, 0.2) is 5.78 Å². The first-order chi connectivity index (χ1) is 13.5. The lowest BCUT2D eigenvalue weighted by molar-refractivity contribution is 0.0993. The number of rotatable bonds is 6. The Morgan fingerprint density at radius 1 is 1.17 bits per heavy atom.